The van der Waals surface area contributed by atoms with E-state index in [0.717, 1.165) is 14.2 Å². The summed E-state index contributed by atoms with van der Waals surface area (Å²) in [6, 6.07) is 2.34. The summed E-state index contributed by atoms with van der Waals surface area (Å²) >= 11 is 8.74. The monoisotopic (exact) mass is 337 g/mol. The molecule has 1 aromatic heterocycles. The van der Waals surface area contributed by atoms with E-state index in [-0.39, 0.29) is 6.04 Å². The second-order valence-electron chi connectivity index (χ2n) is 3.99. The highest BCUT2D eigenvalue weighted by atomic mass is 79.9. The largest absolute Gasteiger partial charge is 0.323 e. The zero-order valence-corrected chi connectivity index (χ0v) is 12.0. The SMILES string of the molecule is CC(C1CC1)C(N)c1cc(Br)c(Br)s1. The van der Waals surface area contributed by atoms with Gasteiger partial charge in [-0.3, -0.25) is 0 Å². The molecule has 0 aliphatic heterocycles. The highest BCUT2D eigenvalue weighted by Gasteiger charge is 2.33. The van der Waals surface area contributed by atoms with Crippen molar-refractivity contribution in [1.29, 1.82) is 0 Å². The summed E-state index contributed by atoms with van der Waals surface area (Å²) in [5.74, 6) is 1.48. The van der Waals surface area contributed by atoms with Crippen LogP contribution in [0.1, 0.15) is 30.7 Å². The van der Waals surface area contributed by atoms with Gasteiger partial charge < -0.3 is 5.73 Å². The van der Waals surface area contributed by atoms with Gasteiger partial charge in [-0.2, -0.15) is 0 Å². The van der Waals surface area contributed by atoms with Crippen molar-refractivity contribution in [2.24, 2.45) is 17.6 Å². The van der Waals surface area contributed by atoms with Crippen molar-refractivity contribution < 1.29 is 0 Å². The molecule has 0 bridgehead atoms. The standard InChI is InChI=1S/C10H13Br2NS/c1-5(6-2-3-6)9(13)8-4-7(11)10(12)14-8/h4-6,9H,2-3,13H2,1H3. The van der Waals surface area contributed by atoms with Crippen LogP contribution in [0.25, 0.3) is 0 Å². The fourth-order valence-corrected chi connectivity index (χ4v) is 3.91. The number of hydrogen-bond acceptors (Lipinski definition) is 2. The van der Waals surface area contributed by atoms with E-state index in [9.17, 15) is 0 Å². The van der Waals surface area contributed by atoms with E-state index in [0.29, 0.717) is 5.92 Å². The van der Waals surface area contributed by atoms with Crippen molar-refractivity contribution >= 4 is 43.2 Å². The van der Waals surface area contributed by atoms with Crippen molar-refractivity contribution in [3.63, 3.8) is 0 Å². The Balaban J connectivity index is 2.13. The molecule has 0 spiro atoms. The first-order valence-electron chi connectivity index (χ1n) is 4.80. The van der Waals surface area contributed by atoms with E-state index in [2.05, 4.69) is 44.8 Å². The van der Waals surface area contributed by atoms with Crippen LogP contribution in [0.2, 0.25) is 0 Å². The number of nitrogens with two attached hydrogens (primary N) is 1. The van der Waals surface area contributed by atoms with E-state index >= 15 is 0 Å². The third kappa shape index (κ3) is 2.23. The predicted octanol–water partition coefficient (Wildman–Crippen LogP) is 4.32. The Bertz CT molecular complexity index is 313. The number of rotatable bonds is 3. The molecule has 0 amide bonds. The molecule has 1 aromatic rings. The van der Waals surface area contributed by atoms with Gasteiger partial charge in [-0.05, 0) is 62.6 Å². The third-order valence-electron chi connectivity index (χ3n) is 2.92. The third-order valence-corrected chi connectivity index (χ3v) is 6.28. The Morgan fingerprint density at radius 2 is 2.14 bits per heavy atom. The zero-order chi connectivity index (χ0) is 10.3. The molecule has 1 nitrogen and oxygen atoms in total. The first kappa shape index (κ1) is 11.1. The second kappa shape index (κ2) is 4.24. The Morgan fingerprint density at radius 1 is 1.50 bits per heavy atom. The zero-order valence-electron chi connectivity index (χ0n) is 7.97. The van der Waals surface area contributed by atoms with Gasteiger partial charge >= 0.3 is 0 Å². The summed E-state index contributed by atoms with van der Waals surface area (Å²) in [6.45, 7) is 2.27. The van der Waals surface area contributed by atoms with Crippen molar-refractivity contribution in [2.75, 3.05) is 0 Å². The minimum atomic E-state index is 0.204. The summed E-state index contributed by atoms with van der Waals surface area (Å²) in [4.78, 5) is 1.28. The van der Waals surface area contributed by atoms with Gasteiger partial charge in [0.25, 0.3) is 0 Å². The highest BCUT2D eigenvalue weighted by Crippen LogP contribution is 2.44. The summed E-state index contributed by atoms with van der Waals surface area (Å²) in [5, 5.41) is 0. The fraction of sp³-hybridized carbons (Fsp3) is 0.600. The molecule has 2 atom stereocenters. The molecule has 1 aliphatic carbocycles. The average Bonchev–Trinajstić information content (AvgIpc) is 2.93. The Hall–Kier alpha value is 0.620. The molecule has 1 aliphatic rings. The molecule has 0 saturated heterocycles. The van der Waals surface area contributed by atoms with Crippen LogP contribution in [0.4, 0.5) is 0 Å². The quantitative estimate of drug-likeness (QED) is 0.872. The van der Waals surface area contributed by atoms with E-state index in [1.165, 1.54) is 17.7 Å². The van der Waals surface area contributed by atoms with Crippen molar-refractivity contribution in [3.05, 3.63) is 19.2 Å². The first-order chi connectivity index (χ1) is 6.59. The minimum absolute atomic E-state index is 0.204. The molecule has 2 unspecified atom stereocenters. The molecule has 2 rings (SSSR count). The Morgan fingerprint density at radius 3 is 2.57 bits per heavy atom. The van der Waals surface area contributed by atoms with Gasteiger partial charge in [0.15, 0.2) is 0 Å². The molecular weight excluding hydrogens is 326 g/mol. The fourth-order valence-electron chi connectivity index (χ4n) is 1.70. The van der Waals surface area contributed by atoms with Crippen LogP contribution in [0, 0.1) is 11.8 Å². The van der Waals surface area contributed by atoms with Crippen LogP contribution in [-0.4, -0.2) is 0 Å². The first-order valence-corrected chi connectivity index (χ1v) is 7.20. The predicted molar refractivity (Wildman–Crippen MR) is 68.5 cm³/mol. The van der Waals surface area contributed by atoms with Crippen molar-refractivity contribution in [3.8, 4) is 0 Å². The van der Waals surface area contributed by atoms with Gasteiger partial charge in [0.2, 0.25) is 0 Å². The summed E-state index contributed by atoms with van der Waals surface area (Å²) in [7, 11) is 0. The summed E-state index contributed by atoms with van der Waals surface area (Å²) < 4.78 is 2.27. The van der Waals surface area contributed by atoms with Gasteiger partial charge in [-0.1, -0.05) is 6.92 Å². The molecule has 2 N–H and O–H groups in total. The molecule has 4 heteroatoms. The van der Waals surface area contributed by atoms with Crippen molar-refractivity contribution in [2.45, 2.75) is 25.8 Å². The van der Waals surface area contributed by atoms with Gasteiger partial charge in [0.1, 0.15) is 0 Å². The van der Waals surface area contributed by atoms with E-state index in [4.69, 9.17) is 5.73 Å². The molecule has 1 saturated carbocycles. The van der Waals surface area contributed by atoms with Gasteiger partial charge in [-0.15, -0.1) is 11.3 Å². The van der Waals surface area contributed by atoms with Crippen LogP contribution >= 0.6 is 43.2 Å². The molecular formula is C10H13Br2NS. The van der Waals surface area contributed by atoms with Crippen LogP contribution in [0.5, 0.6) is 0 Å². The lowest BCUT2D eigenvalue weighted by molar-refractivity contribution is 0.422. The molecule has 1 heterocycles. The average molecular weight is 339 g/mol. The van der Waals surface area contributed by atoms with Crippen molar-refractivity contribution in [1.82, 2.24) is 0 Å². The van der Waals surface area contributed by atoms with Gasteiger partial charge in [0.05, 0.1) is 3.79 Å². The lowest BCUT2D eigenvalue weighted by atomic mass is 9.96. The van der Waals surface area contributed by atoms with E-state index in [1.54, 1.807) is 11.3 Å². The van der Waals surface area contributed by atoms with Crippen LogP contribution in [0.15, 0.2) is 14.3 Å². The lowest BCUT2D eigenvalue weighted by Gasteiger charge is -2.17. The maximum Gasteiger partial charge on any atom is 0.0843 e. The minimum Gasteiger partial charge on any atom is -0.323 e. The molecule has 1 fully saturated rings. The smallest absolute Gasteiger partial charge is 0.0843 e. The normalized spacial score (nSPS) is 20.9. The van der Waals surface area contributed by atoms with Crippen LogP contribution < -0.4 is 5.73 Å². The van der Waals surface area contributed by atoms with Crippen LogP contribution in [0.3, 0.4) is 0 Å². The molecule has 14 heavy (non-hydrogen) atoms. The number of thiophene rings is 1. The van der Waals surface area contributed by atoms with E-state index in [1.807, 2.05) is 0 Å². The summed E-state index contributed by atoms with van der Waals surface area (Å²) in [5.41, 5.74) is 6.23. The highest BCUT2D eigenvalue weighted by molar-refractivity contribution is 9.13. The van der Waals surface area contributed by atoms with Crippen LogP contribution in [-0.2, 0) is 0 Å². The molecule has 0 radical (unpaired) electrons. The number of halogens is 2. The maximum atomic E-state index is 6.23. The van der Waals surface area contributed by atoms with E-state index < -0.39 is 0 Å². The number of hydrogen-bond donors (Lipinski definition) is 1. The molecule has 78 valence electrons. The second-order valence-corrected chi connectivity index (χ2v) is 7.25. The topological polar surface area (TPSA) is 26.0 Å². The Labute approximate surface area is 105 Å². The molecule has 0 aromatic carbocycles. The Kier molecular flexibility index (Phi) is 3.37. The summed E-state index contributed by atoms with van der Waals surface area (Å²) in [6.07, 6.45) is 2.73. The van der Waals surface area contributed by atoms with Gasteiger partial charge in [0, 0.05) is 15.4 Å². The maximum absolute atomic E-state index is 6.23. The lowest BCUT2D eigenvalue weighted by Crippen LogP contribution is -2.19. The van der Waals surface area contributed by atoms with Gasteiger partial charge in [-0.25, -0.2) is 0 Å².